The van der Waals surface area contributed by atoms with Crippen molar-refractivity contribution in [3.63, 3.8) is 0 Å². The second kappa shape index (κ2) is 6.12. The molecule has 0 rings (SSSR count). The Kier molecular flexibility index (Phi) is 6.43. The molecule has 0 unspecified atom stereocenters. The van der Waals surface area contributed by atoms with Gasteiger partial charge in [0.25, 0.3) is 0 Å². The summed E-state index contributed by atoms with van der Waals surface area (Å²) in [5, 5.41) is 0. The van der Waals surface area contributed by atoms with Crippen LogP contribution in [0.2, 0.25) is 19.6 Å². The standard InChI is InChI=1S/C8H17IO2Si/c1-10-7-11-6-5-8(9)12(2,3)4/h5H,6-7H2,1-4H3/b8-5+. The third-order valence-electron chi connectivity index (χ3n) is 1.30. The highest BCUT2D eigenvalue weighted by Crippen LogP contribution is 2.20. The van der Waals surface area contributed by atoms with Crippen LogP contribution in [-0.4, -0.2) is 28.6 Å². The Morgan fingerprint density at radius 3 is 2.42 bits per heavy atom. The summed E-state index contributed by atoms with van der Waals surface area (Å²) in [6.07, 6.45) is 2.14. The van der Waals surface area contributed by atoms with Crippen LogP contribution in [0.3, 0.4) is 0 Å². The Hall–Kier alpha value is 0.607. The van der Waals surface area contributed by atoms with Crippen molar-refractivity contribution in [2.75, 3.05) is 20.5 Å². The lowest BCUT2D eigenvalue weighted by atomic mass is 10.7. The fraction of sp³-hybridized carbons (Fsp3) is 0.750. The molecule has 0 saturated heterocycles. The Morgan fingerprint density at radius 1 is 1.42 bits per heavy atom. The first-order valence-electron chi connectivity index (χ1n) is 3.91. The number of hydrogen-bond acceptors (Lipinski definition) is 2. The molecule has 72 valence electrons. The zero-order valence-electron chi connectivity index (χ0n) is 8.19. The predicted molar refractivity (Wildman–Crippen MR) is 63.3 cm³/mol. The first-order chi connectivity index (χ1) is 5.48. The van der Waals surface area contributed by atoms with Crippen molar-refractivity contribution in [2.24, 2.45) is 0 Å². The molecule has 0 aliphatic carbocycles. The molecule has 0 N–H and O–H groups in total. The fourth-order valence-corrected chi connectivity index (χ4v) is 1.45. The van der Waals surface area contributed by atoms with Gasteiger partial charge in [-0.15, -0.1) is 0 Å². The summed E-state index contributed by atoms with van der Waals surface area (Å²) >= 11 is 2.40. The molecule has 0 heterocycles. The Balaban J connectivity index is 3.70. The third-order valence-corrected chi connectivity index (χ3v) is 8.23. The summed E-state index contributed by atoms with van der Waals surface area (Å²) in [7, 11) is 0.538. The van der Waals surface area contributed by atoms with E-state index < -0.39 is 8.07 Å². The quantitative estimate of drug-likeness (QED) is 0.336. The Bertz CT molecular complexity index is 152. The van der Waals surface area contributed by atoms with Crippen LogP contribution in [0.15, 0.2) is 9.28 Å². The molecule has 0 aliphatic heterocycles. The molecule has 0 aromatic rings. The van der Waals surface area contributed by atoms with E-state index in [0.29, 0.717) is 13.4 Å². The molecule has 0 amide bonds. The number of halogens is 1. The van der Waals surface area contributed by atoms with Crippen LogP contribution in [0.5, 0.6) is 0 Å². The first kappa shape index (κ1) is 12.6. The molecule has 0 aromatic heterocycles. The predicted octanol–water partition coefficient (Wildman–Crippen LogP) is 2.80. The van der Waals surface area contributed by atoms with E-state index in [4.69, 9.17) is 9.47 Å². The van der Waals surface area contributed by atoms with Crippen LogP contribution < -0.4 is 0 Å². The highest BCUT2D eigenvalue weighted by atomic mass is 127. The van der Waals surface area contributed by atoms with E-state index in [2.05, 4.69) is 48.3 Å². The van der Waals surface area contributed by atoms with Gasteiger partial charge in [0.1, 0.15) is 6.79 Å². The van der Waals surface area contributed by atoms with Gasteiger partial charge in [0, 0.05) is 7.11 Å². The van der Waals surface area contributed by atoms with Crippen LogP contribution in [-0.2, 0) is 9.47 Å². The van der Waals surface area contributed by atoms with Gasteiger partial charge in [-0.2, -0.15) is 0 Å². The average molecular weight is 300 g/mol. The summed E-state index contributed by atoms with van der Waals surface area (Å²) < 4.78 is 11.4. The van der Waals surface area contributed by atoms with Gasteiger partial charge in [0.05, 0.1) is 14.7 Å². The van der Waals surface area contributed by atoms with E-state index >= 15 is 0 Å². The highest BCUT2D eigenvalue weighted by molar-refractivity contribution is 14.1. The maximum Gasteiger partial charge on any atom is 0.146 e. The summed E-state index contributed by atoms with van der Waals surface area (Å²) in [6, 6.07) is 0. The smallest absolute Gasteiger partial charge is 0.146 e. The van der Waals surface area contributed by atoms with E-state index in [1.807, 2.05) is 0 Å². The maximum atomic E-state index is 5.17. The minimum Gasteiger partial charge on any atom is -0.359 e. The van der Waals surface area contributed by atoms with Crippen molar-refractivity contribution in [2.45, 2.75) is 19.6 Å². The van der Waals surface area contributed by atoms with Gasteiger partial charge in [-0.05, 0) is 3.20 Å². The van der Waals surface area contributed by atoms with Gasteiger partial charge in [0.15, 0.2) is 0 Å². The van der Waals surface area contributed by atoms with E-state index in [9.17, 15) is 0 Å². The Labute approximate surface area is 89.5 Å². The molecule has 0 fully saturated rings. The van der Waals surface area contributed by atoms with Crippen molar-refractivity contribution in [3.8, 4) is 0 Å². The molecule has 0 aromatic carbocycles. The second-order valence-corrected chi connectivity index (χ2v) is 10.8. The number of hydrogen-bond donors (Lipinski definition) is 0. The van der Waals surface area contributed by atoms with Crippen LogP contribution >= 0.6 is 22.6 Å². The Morgan fingerprint density at radius 2 is 2.00 bits per heavy atom. The largest absolute Gasteiger partial charge is 0.359 e. The third kappa shape index (κ3) is 6.16. The first-order valence-corrected chi connectivity index (χ1v) is 8.49. The molecule has 0 aliphatic rings. The van der Waals surface area contributed by atoms with Crippen molar-refractivity contribution < 1.29 is 9.47 Å². The molecule has 0 radical (unpaired) electrons. The van der Waals surface area contributed by atoms with E-state index in [1.54, 1.807) is 7.11 Å². The van der Waals surface area contributed by atoms with Gasteiger partial charge in [-0.3, -0.25) is 0 Å². The maximum absolute atomic E-state index is 5.17. The van der Waals surface area contributed by atoms with Crippen LogP contribution in [0.4, 0.5) is 0 Å². The summed E-state index contributed by atoms with van der Waals surface area (Å²) in [4.78, 5) is 0. The van der Waals surface area contributed by atoms with Crippen molar-refractivity contribution in [3.05, 3.63) is 9.28 Å². The zero-order chi connectivity index (χ0) is 9.61. The molecular formula is C8H17IO2Si. The summed E-state index contributed by atoms with van der Waals surface area (Å²) in [5.74, 6) is 0. The molecule has 0 atom stereocenters. The average Bonchev–Trinajstić information content (AvgIpc) is 1.96. The van der Waals surface area contributed by atoms with Gasteiger partial charge in [0.2, 0.25) is 0 Å². The van der Waals surface area contributed by atoms with E-state index in [0.717, 1.165) is 0 Å². The highest BCUT2D eigenvalue weighted by Gasteiger charge is 2.16. The van der Waals surface area contributed by atoms with Gasteiger partial charge in [-0.25, -0.2) is 0 Å². The monoisotopic (exact) mass is 300 g/mol. The van der Waals surface area contributed by atoms with Crippen molar-refractivity contribution in [1.82, 2.24) is 0 Å². The van der Waals surface area contributed by atoms with Crippen LogP contribution in [0.1, 0.15) is 0 Å². The van der Waals surface area contributed by atoms with Crippen LogP contribution in [0, 0.1) is 0 Å². The molecule has 12 heavy (non-hydrogen) atoms. The zero-order valence-corrected chi connectivity index (χ0v) is 11.3. The van der Waals surface area contributed by atoms with Crippen LogP contribution in [0.25, 0.3) is 0 Å². The summed E-state index contributed by atoms with van der Waals surface area (Å²) in [6.45, 7) is 8.01. The lowest BCUT2D eigenvalue weighted by Gasteiger charge is -2.14. The topological polar surface area (TPSA) is 18.5 Å². The minimum atomic E-state index is -1.09. The van der Waals surface area contributed by atoms with Gasteiger partial charge < -0.3 is 9.47 Å². The molecule has 2 nitrogen and oxygen atoms in total. The van der Waals surface area contributed by atoms with E-state index in [-0.39, 0.29) is 0 Å². The lowest BCUT2D eigenvalue weighted by molar-refractivity contribution is -0.0186. The molecule has 0 saturated carbocycles. The number of ether oxygens (including phenoxy) is 2. The molecular weight excluding hydrogens is 283 g/mol. The minimum absolute atomic E-state index is 0.381. The van der Waals surface area contributed by atoms with Crippen molar-refractivity contribution in [1.29, 1.82) is 0 Å². The summed E-state index contributed by atoms with van der Waals surface area (Å²) in [5.41, 5.74) is 0. The molecule has 0 bridgehead atoms. The lowest BCUT2D eigenvalue weighted by Crippen LogP contribution is -2.20. The molecule has 4 heteroatoms. The number of rotatable bonds is 5. The normalized spacial score (nSPS) is 13.6. The number of methoxy groups -OCH3 is 1. The van der Waals surface area contributed by atoms with Gasteiger partial charge in [-0.1, -0.05) is 48.3 Å². The van der Waals surface area contributed by atoms with Gasteiger partial charge >= 0.3 is 0 Å². The molecule has 0 spiro atoms. The SMILES string of the molecule is COCOC/C=C(\I)[Si](C)(C)C. The van der Waals surface area contributed by atoms with E-state index in [1.165, 1.54) is 3.20 Å². The van der Waals surface area contributed by atoms with Crippen molar-refractivity contribution >= 4 is 30.7 Å². The fourth-order valence-electron chi connectivity index (χ4n) is 0.570. The second-order valence-electron chi connectivity index (χ2n) is 3.58.